The van der Waals surface area contributed by atoms with Gasteiger partial charge in [-0.1, -0.05) is 42.3 Å². The number of ether oxygens (including phenoxy) is 1. The van der Waals surface area contributed by atoms with E-state index in [1.807, 2.05) is 54.7 Å². The van der Waals surface area contributed by atoms with Gasteiger partial charge in [0, 0.05) is 30.9 Å². The molecule has 1 aliphatic rings. The lowest BCUT2D eigenvalue weighted by Crippen LogP contribution is -2.35. The van der Waals surface area contributed by atoms with Gasteiger partial charge in [-0.2, -0.15) is 5.10 Å². The van der Waals surface area contributed by atoms with Crippen LogP contribution in [0, 0.1) is 11.8 Å². The van der Waals surface area contributed by atoms with Crippen LogP contribution in [0.5, 0.6) is 0 Å². The van der Waals surface area contributed by atoms with Crippen LogP contribution in [0.25, 0.3) is 5.65 Å². The van der Waals surface area contributed by atoms with E-state index >= 15 is 0 Å². The fourth-order valence-corrected chi connectivity index (χ4v) is 2.79. The number of benzene rings is 1. The molecule has 0 fully saturated rings. The van der Waals surface area contributed by atoms with E-state index in [4.69, 9.17) is 4.74 Å². The van der Waals surface area contributed by atoms with Crippen LogP contribution < -0.4 is 0 Å². The Morgan fingerprint density at radius 2 is 2.04 bits per heavy atom. The van der Waals surface area contributed by atoms with Crippen LogP contribution in [-0.2, 0) is 11.3 Å². The van der Waals surface area contributed by atoms with Crippen molar-refractivity contribution in [2.75, 3.05) is 13.1 Å². The summed E-state index contributed by atoms with van der Waals surface area (Å²) in [7, 11) is 0. The topological polar surface area (TPSA) is 59.7 Å². The Labute approximate surface area is 157 Å². The molecule has 0 saturated heterocycles. The van der Waals surface area contributed by atoms with Crippen molar-refractivity contribution in [1.29, 1.82) is 0 Å². The van der Waals surface area contributed by atoms with Gasteiger partial charge >= 0.3 is 6.09 Å². The van der Waals surface area contributed by atoms with E-state index < -0.39 is 0 Å². The smallest absolute Gasteiger partial charge is 0.410 e. The van der Waals surface area contributed by atoms with E-state index in [1.54, 1.807) is 15.6 Å². The number of hydrogen-bond acceptors (Lipinski definition) is 4. The van der Waals surface area contributed by atoms with Crippen molar-refractivity contribution in [3.63, 3.8) is 0 Å². The molecule has 6 nitrogen and oxygen atoms in total. The number of hydrogen-bond donors (Lipinski definition) is 0. The minimum absolute atomic E-state index is 0.287. The van der Waals surface area contributed by atoms with Crippen molar-refractivity contribution in [3.05, 3.63) is 77.8 Å². The molecule has 134 valence electrons. The molecule has 6 heteroatoms. The summed E-state index contributed by atoms with van der Waals surface area (Å²) < 4.78 is 7.07. The SMILES string of the molecule is O=C(OCc1ccccc1)N1CC=C(C#Cc2ccn3nccc3n2)CC1. The Kier molecular flexibility index (Phi) is 4.84. The summed E-state index contributed by atoms with van der Waals surface area (Å²) in [6.45, 7) is 1.39. The Hall–Kier alpha value is -3.59. The van der Waals surface area contributed by atoms with Gasteiger partial charge in [0.1, 0.15) is 12.3 Å². The highest BCUT2D eigenvalue weighted by Gasteiger charge is 2.17. The maximum absolute atomic E-state index is 12.2. The molecule has 3 heterocycles. The van der Waals surface area contributed by atoms with Crippen molar-refractivity contribution in [3.8, 4) is 11.8 Å². The van der Waals surface area contributed by atoms with E-state index in [1.165, 1.54) is 0 Å². The number of nitrogens with zero attached hydrogens (tertiary/aromatic N) is 4. The Morgan fingerprint density at radius 1 is 1.15 bits per heavy atom. The van der Waals surface area contributed by atoms with Gasteiger partial charge in [-0.05, 0) is 24.0 Å². The number of carbonyl (C=O) groups excluding carboxylic acids is 1. The molecule has 27 heavy (non-hydrogen) atoms. The van der Waals surface area contributed by atoms with Crippen molar-refractivity contribution < 1.29 is 9.53 Å². The number of amides is 1. The molecule has 4 rings (SSSR count). The third-order valence-electron chi connectivity index (χ3n) is 4.28. The summed E-state index contributed by atoms with van der Waals surface area (Å²) in [6.07, 6.45) is 5.93. The summed E-state index contributed by atoms with van der Waals surface area (Å²) in [5, 5.41) is 4.11. The maximum atomic E-state index is 12.2. The van der Waals surface area contributed by atoms with Crippen LogP contribution in [0.2, 0.25) is 0 Å². The normalized spacial score (nSPS) is 13.6. The number of aromatic nitrogens is 3. The highest BCUT2D eigenvalue weighted by atomic mass is 16.6. The maximum Gasteiger partial charge on any atom is 0.410 e. The second kappa shape index (κ2) is 7.75. The highest BCUT2D eigenvalue weighted by Crippen LogP contribution is 2.12. The van der Waals surface area contributed by atoms with Crippen LogP contribution in [0.3, 0.4) is 0 Å². The molecule has 1 aromatic carbocycles. The van der Waals surface area contributed by atoms with E-state index in [0.29, 0.717) is 25.2 Å². The number of rotatable bonds is 2. The van der Waals surface area contributed by atoms with E-state index in [0.717, 1.165) is 16.8 Å². The molecular weight excluding hydrogens is 340 g/mol. The fourth-order valence-electron chi connectivity index (χ4n) is 2.79. The molecule has 3 aromatic rings. The van der Waals surface area contributed by atoms with Crippen LogP contribution in [0.4, 0.5) is 4.79 Å². The van der Waals surface area contributed by atoms with Gasteiger partial charge in [0.15, 0.2) is 5.65 Å². The van der Waals surface area contributed by atoms with Gasteiger partial charge in [-0.25, -0.2) is 14.3 Å². The first-order valence-electron chi connectivity index (χ1n) is 8.75. The molecule has 1 amide bonds. The molecule has 0 radical (unpaired) electrons. The Morgan fingerprint density at radius 3 is 2.85 bits per heavy atom. The van der Waals surface area contributed by atoms with Crippen LogP contribution in [-0.4, -0.2) is 38.7 Å². The van der Waals surface area contributed by atoms with Gasteiger partial charge in [0.2, 0.25) is 0 Å². The lowest BCUT2D eigenvalue weighted by atomic mass is 10.1. The van der Waals surface area contributed by atoms with E-state index in [2.05, 4.69) is 21.9 Å². The van der Waals surface area contributed by atoms with Gasteiger partial charge in [-0.3, -0.25) is 0 Å². The zero-order chi connectivity index (χ0) is 18.5. The zero-order valence-corrected chi connectivity index (χ0v) is 14.7. The lowest BCUT2D eigenvalue weighted by Gasteiger charge is -2.24. The average molecular weight is 358 g/mol. The quantitative estimate of drug-likeness (QED) is 0.661. The molecule has 0 aliphatic carbocycles. The third-order valence-corrected chi connectivity index (χ3v) is 4.28. The van der Waals surface area contributed by atoms with Crippen molar-refractivity contribution in [1.82, 2.24) is 19.5 Å². The summed E-state index contributed by atoms with van der Waals surface area (Å²) in [6, 6.07) is 13.3. The lowest BCUT2D eigenvalue weighted by molar-refractivity contribution is 0.0992. The largest absolute Gasteiger partial charge is 0.445 e. The zero-order valence-electron chi connectivity index (χ0n) is 14.7. The Bertz CT molecular complexity index is 1040. The summed E-state index contributed by atoms with van der Waals surface area (Å²) in [5.41, 5.74) is 3.46. The van der Waals surface area contributed by atoms with Crippen molar-refractivity contribution in [2.45, 2.75) is 13.0 Å². The van der Waals surface area contributed by atoms with Crippen LogP contribution in [0.15, 0.2) is 66.5 Å². The second-order valence-corrected chi connectivity index (χ2v) is 6.16. The molecule has 0 N–H and O–H groups in total. The summed E-state index contributed by atoms with van der Waals surface area (Å²) in [4.78, 5) is 18.3. The molecule has 1 aliphatic heterocycles. The van der Waals surface area contributed by atoms with Crippen molar-refractivity contribution >= 4 is 11.7 Å². The first kappa shape index (κ1) is 16.9. The van der Waals surface area contributed by atoms with Gasteiger partial charge < -0.3 is 9.64 Å². The molecule has 0 atom stereocenters. The molecule has 0 unspecified atom stereocenters. The summed E-state index contributed by atoms with van der Waals surface area (Å²) in [5.74, 6) is 6.23. The minimum Gasteiger partial charge on any atom is -0.445 e. The molecule has 0 saturated carbocycles. The third kappa shape index (κ3) is 4.15. The standard InChI is InChI=1S/C21H18N4O2/c26-21(27-16-18-4-2-1-3-5-18)24-13-9-17(10-14-24)6-7-19-11-15-25-20(23-19)8-12-22-25/h1-5,8-9,11-12,15H,10,13-14,16H2. The predicted octanol–water partition coefficient (Wildman–Crippen LogP) is 3.05. The highest BCUT2D eigenvalue weighted by molar-refractivity contribution is 5.68. The number of fused-ring (bicyclic) bond motifs is 1. The fraction of sp³-hybridized carbons (Fsp3) is 0.190. The molecule has 0 bridgehead atoms. The monoisotopic (exact) mass is 358 g/mol. The van der Waals surface area contributed by atoms with Crippen LogP contribution in [0.1, 0.15) is 17.7 Å². The Balaban J connectivity index is 1.33. The van der Waals surface area contributed by atoms with Gasteiger partial charge in [-0.15, -0.1) is 0 Å². The number of carbonyl (C=O) groups is 1. The molecule has 2 aromatic heterocycles. The van der Waals surface area contributed by atoms with Gasteiger partial charge in [0.25, 0.3) is 0 Å². The summed E-state index contributed by atoms with van der Waals surface area (Å²) >= 11 is 0. The molecule has 0 spiro atoms. The van der Waals surface area contributed by atoms with E-state index in [-0.39, 0.29) is 12.7 Å². The predicted molar refractivity (Wildman–Crippen MR) is 101 cm³/mol. The second-order valence-electron chi connectivity index (χ2n) is 6.16. The molecular formula is C21H18N4O2. The minimum atomic E-state index is -0.296. The first-order chi connectivity index (χ1) is 13.3. The van der Waals surface area contributed by atoms with Crippen LogP contribution >= 0.6 is 0 Å². The first-order valence-corrected chi connectivity index (χ1v) is 8.75. The average Bonchev–Trinajstić information content (AvgIpc) is 3.19. The van der Waals surface area contributed by atoms with Crippen molar-refractivity contribution in [2.24, 2.45) is 0 Å². The van der Waals surface area contributed by atoms with Gasteiger partial charge in [0.05, 0.1) is 6.20 Å². The van der Waals surface area contributed by atoms with E-state index in [9.17, 15) is 4.79 Å².